The molecule has 0 radical (unpaired) electrons. The number of hydrogen-bond acceptors (Lipinski definition) is 1. The van der Waals surface area contributed by atoms with Crippen LogP contribution >= 0.6 is 34.8 Å². The number of hydrogen-bond donors (Lipinski definition) is 1. The van der Waals surface area contributed by atoms with Gasteiger partial charge in [-0.15, -0.1) is 11.6 Å². The molecule has 1 aromatic rings. The Morgan fingerprint density at radius 1 is 1.11 bits per heavy atom. The van der Waals surface area contributed by atoms with E-state index in [1.807, 2.05) is 0 Å². The standard InChI is InChI=1S/C13H14Cl3NO/c14-9-5-8(6-10(15)7-9)13(18)17-12-4-2-1-3-11(12)16/h5-7,11-12H,1-4H2,(H,17,18). The van der Waals surface area contributed by atoms with E-state index in [-0.39, 0.29) is 17.3 Å². The molecule has 5 heteroatoms. The fraction of sp³-hybridized carbons (Fsp3) is 0.462. The Morgan fingerprint density at radius 3 is 2.33 bits per heavy atom. The van der Waals surface area contributed by atoms with Crippen LogP contribution in [0.2, 0.25) is 10.0 Å². The van der Waals surface area contributed by atoms with Gasteiger partial charge in [-0.05, 0) is 31.0 Å². The molecule has 1 amide bonds. The highest BCUT2D eigenvalue weighted by Crippen LogP contribution is 2.24. The van der Waals surface area contributed by atoms with Gasteiger partial charge in [0.2, 0.25) is 0 Å². The maximum absolute atomic E-state index is 12.1. The fourth-order valence-corrected chi connectivity index (χ4v) is 3.05. The zero-order chi connectivity index (χ0) is 13.1. The number of carbonyl (C=O) groups is 1. The van der Waals surface area contributed by atoms with Gasteiger partial charge in [-0.1, -0.05) is 36.0 Å². The lowest BCUT2D eigenvalue weighted by Crippen LogP contribution is -2.42. The molecule has 0 heterocycles. The summed E-state index contributed by atoms with van der Waals surface area (Å²) in [7, 11) is 0. The zero-order valence-corrected chi connectivity index (χ0v) is 12.0. The van der Waals surface area contributed by atoms with Crippen molar-refractivity contribution in [3.8, 4) is 0 Å². The molecule has 0 saturated heterocycles. The summed E-state index contributed by atoms with van der Waals surface area (Å²) in [5.41, 5.74) is 0.474. The molecule has 2 nitrogen and oxygen atoms in total. The molecule has 1 N–H and O–H groups in total. The average molecular weight is 307 g/mol. The molecule has 1 saturated carbocycles. The van der Waals surface area contributed by atoms with Crippen LogP contribution in [0.3, 0.4) is 0 Å². The van der Waals surface area contributed by atoms with Crippen LogP contribution in [0, 0.1) is 0 Å². The molecule has 0 bridgehead atoms. The van der Waals surface area contributed by atoms with Gasteiger partial charge in [0.25, 0.3) is 5.91 Å². The number of rotatable bonds is 2. The summed E-state index contributed by atoms with van der Waals surface area (Å²) in [6.07, 6.45) is 4.10. The van der Waals surface area contributed by atoms with E-state index >= 15 is 0 Å². The van der Waals surface area contributed by atoms with Crippen molar-refractivity contribution >= 4 is 40.7 Å². The lowest BCUT2D eigenvalue weighted by atomic mass is 9.94. The highest BCUT2D eigenvalue weighted by atomic mass is 35.5. The molecule has 1 aliphatic carbocycles. The Balaban J connectivity index is 2.06. The Hall–Kier alpha value is -0.440. The molecule has 1 aliphatic rings. The molecule has 0 aromatic heterocycles. The second-order valence-electron chi connectivity index (χ2n) is 4.54. The van der Waals surface area contributed by atoms with Crippen LogP contribution < -0.4 is 5.32 Å². The number of nitrogens with one attached hydrogen (secondary N) is 1. The third-order valence-electron chi connectivity index (χ3n) is 3.12. The second-order valence-corrected chi connectivity index (χ2v) is 5.97. The minimum Gasteiger partial charge on any atom is -0.348 e. The van der Waals surface area contributed by atoms with Gasteiger partial charge in [0.1, 0.15) is 0 Å². The van der Waals surface area contributed by atoms with E-state index < -0.39 is 0 Å². The Morgan fingerprint density at radius 2 is 1.72 bits per heavy atom. The maximum Gasteiger partial charge on any atom is 0.251 e. The highest BCUT2D eigenvalue weighted by Gasteiger charge is 2.25. The van der Waals surface area contributed by atoms with E-state index in [1.165, 1.54) is 0 Å². The van der Waals surface area contributed by atoms with Gasteiger partial charge >= 0.3 is 0 Å². The van der Waals surface area contributed by atoms with Crippen molar-refractivity contribution in [2.24, 2.45) is 0 Å². The number of benzene rings is 1. The van der Waals surface area contributed by atoms with E-state index in [2.05, 4.69) is 5.32 Å². The summed E-state index contributed by atoms with van der Waals surface area (Å²) in [4.78, 5) is 12.1. The predicted molar refractivity (Wildman–Crippen MR) is 75.8 cm³/mol. The monoisotopic (exact) mass is 305 g/mol. The molecule has 2 atom stereocenters. The van der Waals surface area contributed by atoms with Crippen LogP contribution in [-0.4, -0.2) is 17.3 Å². The molecule has 18 heavy (non-hydrogen) atoms. The number of amides is 1. The summed E-state index contributed by atoms with van der Waals surface area (Å²) in [6, 6.07) is 4.85. The van der Waals surface area contributed by atoms with Crippen LogP contribution in [0.5, 0.6) is 0 Å². The molecule has 1 aromatic carbocycles. The van der Waals surface area contributed by atoms with Crippen molar-refractivity contribution in [2.45, 2.75) is 37.1 Å². The molecular weight excluding hydrogens is 293 g/mol. The molecule has 1 fully saturated rings. The Labute approximate surface area is 122 Å². The largest absolute Gasteiger partial charge is 0.348 e. The van der Waals surface area contributed by atoms with Gasteiger partial charge in [-0.25, -0.2) is 0 Å². The number of alkyl halides is 1. The molecule has 0 spiro atoms. The number of halogens is 3. The number of carbonyl (C=O) groups excluding carboxylic acids is 1. The van der Waals surface area contributed by atoms with Crippen molar-refractivity contribution in [1.29, 1.82) is 0 Å². The van der Waals surface area contributed by atoms with Gasteiger partial charge in [0.15, 0.2) is 0 Å². The molecule has 2 rings (SSSR count). The maximum atomic E-state index is 12.1. The predicted octanol–water partition coefficient (Wildman–Crippen LogP) is 4.27. The molecule has 98 valence electrons. The van der Waals surface area contributed by atoms with E-state index in [0.717, 1.165) is 25.7 Å². The SMILES string of the molecule is O=C(NC1CCCCC1Cl)c1cc(Cl)cc(Cl)c1. The van der Waals surface area contributed by atoms with Crippen molar-refractivity contribution in [1.82, 2.24) is 5.32 Å². The van der Waals surface area contributed by atoms with Gasteiger partial charge in [0, 0.05) is 21.7 Å². The normalized spacial score (nSPS) is 23.7. The van der Waals surface area contributed by atoms with Gasteiger partial charge in [-0.3, -0.25) is 4.79 Å². The van der Waals surface area contributed by atoms with E-state index in [9.17, 15) is 4.79 Å². The zero-order valence-electron chi connectivity index (χ0n) is 9.76. The van der Waals surface area contributed by atoms with E-state index in [4.69, 9.17) is 34.8 Å². The minimum atomic E-state index is -0.169. The van der Waals surface area contributed by atoms with Crippen molar-refractivity contribution < 1.29 is 4.79 Å². The topological polar surface area (TPSA) is 29.1 Å². The second kappa shape index (κ2) is 6.14. The summed E-state index contributed by atoms with van der Waals surface area (Å²) in [6.45, 7) is 0. The highest BCUT2D eigenvalue weighted by molar-refractivity contribution is 6.35. The van der Waals surface area contributed by atoms with Crippen LogP contribution in [0.15, 0.2) is 18.2 Å². The summed E-state index contributed by atoms with van der Waals surface area (Å²) >= 11 is 18.0. The van der Waals surface area contributed by atoms with Gasteiger partial charge < -0.3 is 5.32 Å². The van der Waals surface area contributed by atoms with Crippen molar-refractivity contribution in [3.63, 3.8) is 0 Å². The summed E-state index contributed by atoms with van der Waals surface area (Å²) in [5, 5.41) is 3.88. The first kappa shape index (κ1) is 14.0. The van der Waals surface area contributed by atoms with Crippen LogP contribution in [0.4, 0.5) is 0 Å². The summed E-state index contributed by atoms with van der Waals surface area (Å²) in [5.74, 6) is -0.169. The molecular formula is C13H14Cl3NO. The summed E-state index contributed by atoms with van der Waals surface area (Å²) < 4.78 is 0. The first-order chi connectivity index (χ1) is 8.56. The van der Waals surface area contributed by atoms with Crippen LogP contribution in [0.25, 0.3) is 0 Å². The smallest absolute Gasteiger partial charge is 0.251 e. The lowest BCUT2D eigenvalue weighted by Gasteiger charge is -2.27. The van der Waals surface area contributed by atoms with E-state index in [0.29, 0.717) is 15.6 Å². The molecule has 0 aliphatic heterocycles. The first-order valence-electron chi connectivity index (χ1n) is 5.97. The quantitative estimate of drug-likeness (QED) is 0.812. The van der Waals surface area contributed by atoms with Crippen LogP contribution in [-0.2, 0) is 0 Å². The van der Waals surface area contributed by atoms with E-state index in [1.54, 1.807) is 18.2 Å². The van der Waals surface area contributed by atoms with Gasteiger partial charge in [-0.2, -0.15) is 0 Å². The lowest BCUT2D eigenvalue weighted by molar-refractivity contribution is 0.0928. The van der Waals surface area contributed by atoms with Crippen molar-refractivity contribution in [2.75, 3.05) is 0 Å². The average Bonchev–Trinajstić information content (AvgIpc) is 2.31. The third-order valence-corrected chi connectivity index (χ3v) is 4.08. The van der Waals surface area contributed by atoms with Gasteiger partial charge in [0.05, 0.1) is 5.38 Å². The Kier molecular flexibility index (Phi) is 4.77. The first-order valence-corrected chi connectivity index (χ1v) is 7.16. The fourth-order valence-electron chi connectivity index (χ4n) is 2.18. The minimum absolute atomic E-state index is 0.0114. The molecule has 2 unspecified atom stereocenters. The third kappa shape index (κ3) is 3.53. The van der Waals surface area contributed by atoms with Crippen molar-refractivity contribution in [3.05, 3.63) is 33.8 Å². The Bertz CT molecular complexity index is 430. The van der Waals surface area contributed by atoms with Crippen LogP contribution in [0.1, 0.15) is 36.0 Å².